The van der Waals surface area contributed by atoms with Crippen LogP contribution < -0.4 is 4.74 Å². The maximum Gasteiger partial charge on any atom is 0.379 e. The molecule has 1 N–H and O–H groups in total. The molecular formula is C11H11NO7. The van der Waals surface area contributed by atoms with Crippen molar-refractivity contribution in [1.29, 1.82) is 0 Å². The number of nitrogens with zero attached hydrogens (tertiary/aromatic N) is 1. The monoisotopic (exact) mass is 269 g/mol. The molecule has 0 bridgehead atoms. The lowest BCUT2D eigenvalue weighted by molar-refractivity contribution is -0.386. The van der Waals surface area contributed by atoms with Crippen molar-refractivity contribution in [3.63, 3.8) is 0 Å². The second-order valence-electron chi connectivity index (χ2n) is 3.35. The van der Waals surface area contributed by atoms with E-state index in [0.717, 1.165) is 19.2 Å². The van der Waals surface area contributed by atoms with E-state index in [4.69, 9.17) is 4.74 Å². The van der Waals surface area contributed by atoms with Gasteiger partial charge in [0.25, 0.3) is 5.78 Å². The number of phenols is 1. The summed E-state index contributed by atoms with van der Waals surface area (Å²) in [6, 6.07) is 1.82. The van der Waals surface area contributed by atoms with Crippen LogP contribution in [0, 0.1) is 10.1 Å². The summed E-state index contributed by atoms with van der Waals surface area (Å²) in [5.41, 5.74) is -1.02. The van der Waals surface area contributed by atoms with Crippen LogP contribution >= 0.6 is 0 Å². The average Bonchev–Trinajstić information content (AvgIpc) is 2.38. The van der Waals surface area contributed by atoms with Gasteiger partial charge in [0.2, 0.25) is 5.75 Å². The Hall–Kier alpha value is -2.64. The highest BCUT2D eigenvalue weighted by Crippen LogP contribution is 2.36. The first-order valence-corrected chi connectivity index (χ1v) is 5.19. The number of carbonyl (C=O) groups is 2. The Morgan fingerprint density at radius 2 is 2.05 bits per heavy atom. The summed E-state index contributed by atoms with van der Waals surface area (Å²) in [5.74, 6) is -3.18. The summed E-state index contributed by atoms with van der Waals surface area (Å²) in [4.78, 5) is 32.8. The molecule has 0 radical (unpaired) electrons. The smallest absolute Gasteiger partial charge is 0.379 e. The van der Waals surface area contributed by atoms with E-state index in [-0.39, 0.29) is 17.9 Å². The summed E-state index contributed by atoms with van der Waals surface area (Å²) >= 11 is 0. The standard InChI is InChI=1S/C11H11NO7/c1-3-19-11(15)9(13)6-4-7(12(16)17)10(14)8(5-6)18-2/h4-5,14H,3H2,1-2H3. The van der Waals surface area contributed by atoms with Crippen LogP contribution in [0.15, 0.2) is 12.1 Å². The normalized spacial score (nSPS) is 9.79. The van der Waals surface area contributed by atoms with Gasteiger partial charge in [-0.3, -0.25) is 14.9 Å². The minimum absolute atomic E-state index is 0.00187. The lowest BCUT2D eigenvalue weighted by atomic mass is 10.1. The van der Waals surface area contributed by atoms with Gasteiger partial charge in [-0.2, -0.15) is 0 Å². The van der Waals surface area contributed by atoms with E-state index in [1.807, 2.05) is 0 Å². The Balaban J connectivity index is 3.29. The molecule has 1 aromatic carbocycles. The molecule has 0 aliphatic rings. The molecule has 0 saturated heterocycles. The quantitative estimate of drug-likeness (QED) is 0.279. The summed E-state index contributed by atoms with van der Waals surface area (Å²) in [6.45, 7) is 1.52. The van der Waals surface area contributed by atoms with E-state index in [9.17, 15) is 24.8 Å². The fourth-order valence-corrected chi connectivity index (χ4v) is 1.33. The molecule has 19 heavy (non-hydrogen) atoms. The number of phenolic OH excluding ortho intramolecular Hbond substituents is 1. The molecule has 0 fully saturated rings. The Morgan fingerprint density at radius 3 is 2.53 bits per heavy atom. The van der Waals surface area contributed by atoms with Crippen LogP contribution in [0.25, 0.3) is 0 Å². The Kier molecular flexibility index (Phi) is 4.41. The van der Waals surface area contributed by atoms with Gasteiger partial charge < -0.3 is 14.6 Å². The molecule has 0 aromatic heterocycles. The number of rotatable bonds is 5. The zero-order valence-corrected chi connectivity index (χ0v) is 10.2. The Bertz CT molecular complexity index is 538. The molecule has 8 nitrogen and oxygen atoms in total. The number of carbonyl (C=O) groups excluding carboxylic acids is 2. The molecule has 0 spiro atoms. The van der Waals surface area contributed by atoms with Crippen molar-refractivity contribution in [2.75, 3.05) is 13.7 Å². The number of Topliss-reactive ketones (excluding diaryl/α,β-unsaturated/α-hetero) is 1. The topological polar surface area (TPSA) is 116 Å². The minimum Gasteiger partial charge on any atom is -0.500 e. The van der Waals surface area contributed by atoms with E-state index < -0.39 is 28.1 Å². The summed E-state index contributed by atoms with van der Waals surface area (Å²) in [5, 5.41) is 20.2. The lowest BCUT2D eigenvalue weighted by Gasteiger charge is -2.06. The van der Waals surface area contributed by atoms with Crippen molar-refractivity contribution in [1.82, 2.24) is 0 Å². The molecule has 1 aromatic rings. The summed E-state index contributed by atoms with van der Waals surface area (Å²) < 4.78 is 9.21. The number of nitro groups is 1. The molecule has 0 heterocycles. The van der Waals surface area contributed by atoms with Crippen LogP contribution in [-0.2, 0) is 9.53 Å². The van der Waals surface area contributed by atoms with Crippen LogP contribution in [0.2, 0.25) is 0 Å². The van der Waals surface area contributed by atoms with Crippen LogP contribution in [0.4, 0.5) is 5.69 Å². The van der Waals surface area contributed by atoms with E-state index >= 15 is 0 Å². The molecule has 1 rings (SSSR count). The number of hydrogen-bond donors (Lipinski definition) is 1. The second kappa shape index (κ2) is 5.80. The predicted octanol–water partition coefficient (Wildman–Crippen LogP) is 1.05. The number of aromatic hydroxyl groups is 1. The van der Waals surface area contributed by atoms with Gasteiger partial charge in [-0.15, -0.1) is 0 Å². The highest BCUT2D eigenvalue weighted by atomic mass is 16.6. The second-order valence-corrected chi connectivity index (χ2v) is 3.35. The highest BCUT2D eigenvalue weighted by Gasteiger charge is 2.26. The molecule has 8 heteroatoms. The maximum atomic E-state index is 11.7. The van der Waals surface area contributed by atoms with Gasteiger partial charge in [0, 0.05) is 11.6 Å². The molecule has 0 aliphatic carbocycles. The number of hydrogen-bond acceptors (Lipinski definition) is 7. The van der Waals surface area contributed by atoms with Crippen molar-refractivity contribution < 1.29 is 29.1 Å². The number of methoxy groups -OCH3 is 1. The third-order valence-electron chi connectivity index (χ3n) is 2.19. The van der Waals surface area contributed by atoms with Gasteiger partial charge >= 0.3 is 11.7 Å². The highest BCUT2D eigenvalue weighted by molar-refractivity contribution is 6.40. The number of ether oxygens (including phenoxy) is 2. The van der Waals surface area contributed by atoms with Crippen LogP contribution in [0.5, 0.6) is 11.5 Å². The molecule has 0 aliphatic heterocycles. The van der Waals surface area contributed by atoms with E-state index in [0.29, 0.717) is 0 Å². The SMILES string of the molecule is CCOC(=O)C(=O)c1cc(OC)c(O)c([N+](=O)[O-])c1. The number of ketones is 1. The van der Waals surface area contributed by atoms with Gasteiger partial charge in [-0.1, -0.05) is 0 Å². The van der Waals surface area contributed by atoms with Crippen molar-refractivity contribution in [2.24, 2.45) is 0 Å². The zero-order valence-electron chi connectivity index (χ0n) is 10.2. The first-order chi connectivity index (χ1) is 8.92. The third kappa shape index (κ3) is 2.97. The van der Waals surface area contributed by atoms with Gasteiger partial charge in [-0.05, 0) is 13.0 Å². The fourth-order valence-electron chi connectivity index (χ4n) is 1.33. The van der Waals surface area contributed by atoms with E-state index in [1.165, 1.54) is 6.92 Å². The lowest BCUT2D eigenvalue weighted by Crippen LogP contribution is -2.17. The van der Waals surface area contributed by atoms with Crippen molar-refractivity contribution >= 4 is 17.4 Å². The first kappa shape index (κ1) is 14.4. The zero-order chi connectivity index (χ0) is 14.6. The fraction of sp³-hybridized carbons (Fsp3) is 0.273. The Morgan fingerprint density at radius 1 is 1.42 bits per heavy atom. The minimum atomic E-state index is -1.13. The van der Waals surface area contributed by atoms with Crippen LogP contribution in [-0.4, -0.2) is 35.5 Å². The number of esters is 1. The Labute approximate surface area is 107 Å². The molecular weight excluding hydrogens is 258 g/mol. The molecule has 0 atom stereocenters. The maximum absolute atomic E-state index is 11.7. The number of nitro benzene ring substituents is 1. The summed E-state index contributed by atoms with van der Waals surface area (Å²) in [6.07, 6.45) is 0. The van der Waals surface area contributed by atoms with Gasteiger partial charge in [0.1, 0.15) is 0 Å². The van der Waals surface area contributed by atoms with E-state index in [1.54, 1.807) is 0 Å². The van der Waals surface area contributed by atoms with Crippen molar-refractivity contribution in [3.8, 4) is 11.5 Å². The van der Waals surface area contributed by atoms with Crippen molar-refractivity contribution in [3.05, 3.63) is 27.8 Å². The molecule has 0 unspecified atom stereocenters. The largest absolute Gasteiger partial charge is 0.500 e. The van der Waals surface area contributed by atoms with Gasteiger partial charge in [-0.25, -0.2) is 4.79 Å². The molecule has 0 saturated carbocycles. The predicted molar refractivity (Wildman–Crippen MR) is 62.3 cm³/mol. The third-order valence-corrected chi connectivity index (χ3v) is 2.19. The van der Waals surface area contributed by atoms with Gasteiger partial charge in [0.05, 0.1) is 18.6 Å². The van der Waals surface area contributed by atoms with Crippen LogP contribution in [0.1, 0.15) is 17.3 Å². The molecule has 102 valence electrons. The van der Waals surface area contributed by atoms with E-state index in [2.05, 4.69) is 4.74 Å². The molecule has 0 amide bonds. The summed E-state index contributed by atoms with van der Waals surface area (Å²) in [7, 11) is 1.16. The number of benzene rings is 1. The first-order valence-electron chi connectivity index (χ1n) is 5.19. The van der Waals surface area contributed by atoms with Crippen LogP contribution in [0.3, 0.4) is 0 Å². The average molecular weight is 269 g/mol. The van der Waals surface area contributed by atoms with Gasteiger partial charge in [0.15, 0.2) is 5.75 Å². The van der Waals surface area contributed by atoms with Crippen molar-refractivity contribution in [2.45, 2.75) is 6.92 Å².